The average molecular weight is 246 g/mol. The van der Waals surface area contributed by atoms with Gasteiger partial charge in [0, 0.05) is 5.92 Å². The zero-order chi connectivity index (χ0) is 12.3. The largest absolute Gasteiger partial charge is 0.379 e. The maximum absolute atomic E-state index is 11.3. The Morgan fingerprint density at radius 1 is 1.06 bits per heavy atom. The molecule has 5 nitrogen and oxygen atoms in total. The van der Waals surface area contributed by atoms with E-state index < -0.39 is 0 Å². The molecule has 4 aliphatic rings. The van der Waals surface area contributed by atoms with Gasteiger partial charge in [-0.3, -0.25) is 4.79 Å². The minimum Gasteiger partial charge on any atom is -0.379 e. The number of aromatic nitrogens is 3. The lowest BCUT2D eigenvalue weighted by atomic mass is 9.52. The summed E-state index contributed by atoms with van der Waals surface area (Å²) in [5.74, 6) is 4.57. The molecule has 0 amide bonds. The fourth-order valence-corrected chi connectivity index (χ4v) is 4.86. The van der Waals surface area contributed by atoms with Gasteiger partial charge in [0.05, 0.1) is 0 Å². The standard InChI is InChI=1S/C13H18N4O/c14-11-13(18)17-16-12(15-11)10-8-2-6-1-7(4-8)5-9(10)3-6/h6-10H,1-5H2,(H,17,18)(H2,14,15,16). The summed E-state index contributed by atoms with van der Waals surface area (Å²) in [7, 11) is 0. The highest BCUT2D eigenvalue weighted by Crippen LogP contribution is 2.59. The minimum atomic E-state index is -0.373. The first kappa shape index (κ1) is 10.5. The lowest BCUT2D eigenvalue weighted by molar-refractivity contribution is -0.00595. The van der Waals surface area contributed by atoms with Crippen LogP contribution in [-0.4, -0.2) is 15.2 Å². The number of rotatable bonds is 1. The van der Waals surface area contributed by atoms with Crippen molar-refractivity contribution in [1.29, 1.82) is 0 Å². The first-order chi connectivity index (χ1) is 8.70. The van der Waals surface area contributed by atoms with E-state index in [-0.39, 0.29) is 11.4 Å². The van der Waals surface area contributed by atoms with Crippen molar-refractivity contribution in [2.24, 2.45) is 23.7 Å². The van der Waals surface area contributed by atoms with Gasteiger partial charge in [-0.2, -0.15) is 5.10 Å². The first-order valence-corrected chi connectivity index (χ1v) is 6.93. The Balaban J connectivity index is 1.72. The Morgan fingerprint density at radius 2 is 1.67 bits per heavy atom. The van der Waals surface area contributed by atoms with Crippen LogP contribution in [0.25, 0.3) is 0 Å². The molecule has 0 spiro atoms. The van der Waals surface area contributed by atoms with Crippen molar-refractivity contribution in [2.45, 2.75) is 38.0 Å². The van der Waals surface area contributed by atoms with Crippen LogP contribution in [0.3, 0.4) is 0 Å². The van der Waals surface area contributed by atoms with Crippen molar-refractivity contribution in [3.8, 4) is 0 Å². The van der Waals surface area contributed by atoms with Crippen molar-refractivity contribution in [3.05, 3.63) is 16.2 Å². The van der Waals surface area contributed by atoms with E-state index in [4.69, 9.17) is 5.73 Å². The maximum atomic E-state index is 11.3. The predicted molar refractivity (Wildman–Crippen MR) is 66.9 cm³/mol. The molecular weight excluding hydrogens is 228 g/mol. The third-order valence-electron chi connectivity index (χ3n) is 5.26. The fraction of sp³-hybridized carbons (Fsp3) is 0.769. The Kier molecular flexibility index (Phi) is 2.08. The molecule has 3 N–H and O–H groups in total. The number of anilines is 1. The van der Waals surface area contributed by atoms with Crippen molar-refractivity contribution in [3.63, 3.8) is 0 Å². The van der Waals surface area contributed by atoms with Gasteiger partial charge in [-0.25, -0.2) is 10.1 Å². The van der Waals surface area contributed by atoms with Gasteiger partial charge in [0.1, 0.15) is 0 Å². The first-order valence-electron chi connectivity index (χ1n) is 6.93. The topological polar surface area (TPSA) is 84.7 Å². The molecule has 4 fully saturated rings. The van der Waals surface area contributed by atoms with E-state index in [1.165, 1.54) is 32.1 Å². The molecule has 5 rings (SSSR count). The van der Waals surface area contributed by atoms with Crippen LogP contribution in [0, 0.1) is 23.7 Å². The van der Waals surface area contributed by atoms with Gasteiger partial charge in [0.25, 0.3) is 0 Å². The molecule has 96 valence electrons. The minimum absolute atomic E-state index is 0.0637. The van der Waals surface area contributed by atoms with Gasteiger partial charge in [-0.05, 0) is 55.8 Å². The van der Waals surface area contributed by atoms with Gasteiger partial charge >= 0.3 is 5.56 Å². The lowest BCUT2D eigenvalue weighted by Gasteiger charge is -2.53. The summed E-state index contributed by atoms with van der Waals surface area (Å²) in [5.41, 5.74) is 5.25. The number of nitrogens with two attached hydrogens (primary N) is 1. The van der Waals surface area contributed by atoms with Crippen LogP contribution in [0.4, 0.5) is 5.82 Å². The number of aromatic amines is 1. The van der Waals surface area contributed by atoms with E-state index in [2.05, 4.69) is 15.2 Å². The van der Waals surface area contributed by atoms with E-state index in [1.54, 1.807) is 0 Å². The number of hydrogen-bond acceptors (Lipinski definition) is 4. The second kappa shape index (κ2) is 3.56. The molecule has 18 heavy (non-hydrogen) atoms. The molecule has 0 saturated heterocycles. The van der Waals surface area contributed by atoms with Crippen LogP contribution in [0.1, 0.15) is 43.8 Å². The molecule has 0 aromatic carbocycles. The number of nitrogen functional groups attached to an aromatic ring is 1. The van der Waals surface area contributed by atoms with Crippen molar-refractivity contribution >= 4 is 5.82 Å². The molecule has 5 heteroatoms. The molecule has 4 saturated carbocycles. The highest BCUT2D eigenvalue weighted by Gasteiger charge is 2.49. The van der Waals surface area contributed by atoms with E-state index >= 15 is 0 Å². The third-order valence-corrected chi connectivity index (χ3v) is 5.26. The summed E-state index contributed by atoms with van der Waals surface area (Å²) < 4.78 is 0. The molecule has 0 aliphatic heterocycles. The van der Waals surface area contributed by atoms with Crippen LogP contribution in [0.15, 0.2) is 4.79 Å². The molecule has 0 atom stereocenters. The molecule has 1 aromatic heterocycles. The Morgan fingerprint density at radius 3 is 2.22 bits per heavy atom. The smallest absolute Gasteiger partial charge is 0.306 e. The summed E-state index contributed by atoms with van der Waals surface area (Å²) in [4.78, 5) is 15.5. The van der Waals surface area contributed by atoms with Gasteiger partial charge in [0.15, 0.2) is 11.6 Å². The number of H-pyrrole nitrogens is 1. The monoisotopic (exact) mass is 246 g/mol. The summed E-state index contributed by atoms with van der Waals surface area (Å²) in [6, 6.07) is 0. The zero-order valence-electron chi connectivity index (χ0n) is 10.3. The number of nitrogens with one attached hydrogen (secondary N) is 1. The van der Waals surface area contributed by atoms with Gasteiger partial charge in [-0.1, -0.05) is 0 Å². The lowest BCUT2D eigenvalue weighted by Crippen LogP contribution is -2.44. The maximum Gasteiger partial charge on any atom is 0.306 e. The molecule has 4 bridgehead atoms. The molecular formula is C13H18N4O. The number of nitrogens with zero attached hydrogens (tertiary/aromatic N) is 2. The quantitative estimate of drug-likeness (QED) is 0.782. The second-order valence-electron chi connectivity index (χ2n) is 6.36. The highest BCUT2D eigenvalue weighted by atomic mass is 16.1. The fourth-order valence-electron chi connectivity index (χ4n) is 4.86. The SMILES string of the molecule is Nc1nc(C2C3CC4CC(C3)CC2C4)n[nH]c1=O. The van der Waals surface area contributed by atoms with Gasteiger partial charge in [0.2, 0.25) is 0 Å². The van der Waals surface area contributed by atoms with Crippen LogP contribution in [0.5, 0.6) is 0 Å². The van der Waals surface area contributed by atoms with Gasteiger partial charge < -0.3 is 5.73 Å². The summed E-state index contributed by atoms with van der Waals surface area (Å²) >= 11 is 0. The van der Waals surface area contributed by atoms with E-state index in [0.29, 0.717) is 17.8 Å². The Labute approximate surface area is 105 Å². The normalized spacial score (nSPS) is 41.2. The second-order valence-corrected chi connectivity index (χ2v) is 6.36. The predicted octanol–water partition coefficient (Wildman–Crippen LogP) is 1.29. The molecule has 1 aromatic rings. The summed E-state index contributed by atoms with van der Waals surface area (Å²) in [6.45, 7) is 0. The van der Waals surface area contributed by atoms with Gasteiger partial charge in [-0.15, -0.1) is 0 Å². The molecule has 1 heterocycles. The zero-order valence-corrected chi connectivity index (χ0v) is 10.3. The average Bonchev–Trinajstić information content (AvgIpc) is 2.32. The van der Waals surface area contributed by atoms with E-state index in [9.17, 15) is 4.79 Å². The van der Waals surface area contributed by atoms with Crippen LogP contribution >= 0.6 is 0 Å². The van der Waals surface area contributed by atoms with Crippen molar-refractivity contribution in [2.75, 3.05) is 5.73 Å². The van der Waals surface area contributed by atoms with Crippen molar-refractivity contribution < 1.29 is 0 Å². The van der Waals surface area contributed by atoms with Crippen LogP contribution < -0.4 is 11.3 Å². The van der Waals surface area contributed by atoms with Crippen molar-refractivity contribution in [1.82, 2.24) is 15.2 Å². The summed E-state index contributed by atoms with van der Waals surface area (Å²) in [5, 5.41) is 6.64. The molecule has 4 aliphatic carbocycles. The molecule has 0 unspecified atom stereocenters. The number of hydrogen-bond donors (Lipinski definition) is 2. The van der Waals surface area contributed by atoms with E-state index in [0.717, 1.165) is 17.7 Å². The third kappa shape index (κ3) is 1.42. The Bertz CT molecular complexity index is 510. The van der Waals surface area contributed by atoms with E-state index in [1.807, 2.05) is 0 Å². The Hall–Kier alpha value is -1.39. The summed E-state index contributed by atoms with van der Waals surface area (Å²) in [6.07, 6.45) is 6.72. The highest BCUT2D eigenvalue weighted by molar-refractivity contribution is 5.24. The molecule has 0 radical (unpaired) electrons. The van der Waals surface area contributed by atoms with Crippen LogP contribution in [-0.2, 0) is 0 Å². The van der Waals surface area contributed by atoms with Crippen LogP contribution in [0.2, 0.25) is 0 Å².